The summed E-state index contributed by atoms with van der Waals surface area (Å²) in [5.74, 6) is 1.01. The van der Waals surface area contributed by atoms with Crippen molar-refractivity contribution in [1.82, 2.24) is 0 Å². The number of halogens is 1. The van der Waals surface area contributed by atoms with Crippen molar-refractivity contribution < 1.29 is 9.84 Å². The van der Waals surface area contributed by atoms with Crippen LogP contribution in [0.4, 0.5) is 0 Å². The van der Waals surface area contributed by atoms with Crippen molar-refractivity contribution in [3.8, 4) is 11.5 Å². The normalized spacial score (nSPS) is 10.2. The lowest BCUT2D eigenvalue weighted by molar-refractivity contribution is 0.407. The molecular weight excluding hydrogens is 246 g/mol. The number of nitrogens with two attached hydrogens (primary N) is 1. The second kappa shape index (κ2) is 5.22. The van der Waals surface area contributed by atoms with Gasteiger partial charge in [0, 0.05) is 0 Å². The molecule has 1 aromatic rings. The average molecular weight is 260 g/mol. The lowest BCUT2D eigenvalue weighted by Crippen LogP contribution is -2.00. The minimum absolute atomic E-state index is 0.283. The molecule has 1 rings (SSSR count). The largest absolute Gasteiger partial charge is 0.508 e. The van der Waals surface area contributed by atoms with Gasteiger partial charge in [-0.25, -0.2) is 0 Å². The highest BCUT2D eigenvalue weighted by molar-refractivity contribution is 9.10. The maximum atomic E-state index is 9.61. The Labute approximate surface area is 92.0 Å². The van der Waals surface area contributed by atoms with Gasteiger partial charge in [0.1, 0.15) is 11.5 Å². The topological polar surface area (TPSA) is 55.5 Å². The molecule has 1 aromatic carbocycles. The number of hydrogen-bond acceptors (Lipinski definition) is 3. The third kappa shape index (κ3) is 2.62. The van der Waals surface area contributed by atoms with E-state index < -0.39 is 0 Å². The van der Waals surface area contributed by atoms with E-state index >= 15 is 0 Å². The zero-order valence-electron chi connectivity index (χ0n) is 8.09. The van der Waals surface area contributed by atoms with Crippen LogP contribution in [0.25, 0.3) is 0 Å². The fourth-order valence-corrected chi connectivity index (χ4v) is 1.73. The molecule has 0 saturated heterocycles. The molecule has 0 aliphatic rings. The fourth-order valence-electron chi connectivity index (χ4n) is 1.23. The summed E-state index contributed by atoms with van der Waals surface area (Å²) in [6, 6.07) is 3.47. The maximum Gasteiger partial charge on any atom is 0.133 e. The van der Waals surface area contributed by atoms with E-state index in [4.69, 9.17) is 10.5 Å². The van der Waals surface area contributed by atoms with Crippen LogP contribution in [0.1, 0.15) is 12.0 Å². The van der Waals surface area contributed by atoms with Gasteiger partial charge in [-0.1, -0.05) is 0 Å². The molecule has 0 aliphatic carbocycles. The molecule has 0 heterocycles. The Morgan fingerprint density at radius 2 is 2.21 bits per heavy atom. The van der Waals surface area contributed by atoms with Crippen molar-refractivity contribution in [2.45, 2.75) is 12.8 Å². The van der Waals surface area contributed by atoms with Crippen LogP contribution in [-0.2, 0) is 6.42 Å². The Balaban J connectivity index is 2.92. The van der Waals surface area contributed by atoms with Crippen molar-refractivity contribution in [3.63, 3.8) is 0 Å². The van der Waals surface area contributed by atoms with E-state index in [1.165, 1.54) is 0 Å². The third-order valence-corrected chi connectivity index (χ3v) is 2.62. The number of aryl methyl sites for hydroxylation is 1. The molecule has 0 aromatic heterocycles. The summed E-state index contributed by atoms with van der Waals surface area (Å²) in [6.45, 7) is 0.623. The number of aromatic hydroxyl groups is 1. The van der Waals surface area contributed by atoms with Crippen molar-refractivity contribution in [2.75, 3.05) is 13.7 Å². The molecule has 0 aliphatic heterocycles. The van der Waals surface area contributed by atoms with Gasteiger partial charge in [-0.05, 0) is 53.0 Å². The summed E-state index contributed by atoms with van der Waals surface area (Å²) in [6.07, 6.45) is 1.63. The highest BCUT2D eigenvalue weighted by Gasteiger charge is 2.07. The molecule has 0 bridgehead atoms. The zero-order chi connectivity index (χ0) is 10.6. The number of hydrogen-bond donors (Lipinski definition) is 2. The molecule has 3 N–H and O–H groups in total. The molecule has 0 atom stereocenters. The molecule has 3 nitrogen and oxygen atoms in total. The first-order valence-corrected chi connectivity index (χ1v) is 5.23. The van der Waals surface area contributed by atoms with Gasteiger partial charge >= 0.3 is 0 Å². The van der Waals surface area contributed by atoms with Gasteiger partial charge in [0.05, 0.1) is 11.6 Å². The van der Waals surface area contributed by atoms with E-state index in [2.05, 4.69) is 15.9 Å². The number of phenols is 1. The standard InChI is InChI=1S/C10H14BrNO2/c1-14-10-5-7(3-2-4-12)9(13)6-8(10)11/h5-6,13H,2-4,12H2,1H3. The van der Waals surface area contributed by atoms with E-state index in [1.807, 2.05) is 6.07 Å². The summed E-state index contributed by atoms with van der Waals surface area (Å²) < 4.78 is 5.89. The first kappa shape index (κ1) is 11.3. The SMILES string of the molecule is COc1cc(CCCN)c(O)cc1Br. The highest BCUT2D eigenvalue weighted by atomic mass is 79.9. The van der Waals surface area contributed by atoms with Crippen LogP contribution >= 0.6 is 15.9 Å². The molecule has 0 unspecified atom stereocenters. The highest BCUT2D eigenvalue weighted by Crippen LogP contribution is 2.32. The Morgan fingerprint density at radius 1 is 1.50 bits per heavy atom. The predicted molar refractivity (Wildman–Crippen MR) is 59.7 cm³/mol. The molecule has 14 heavy (non-hydrogen) atoms. The van der Waals surface area contributed by atoms with Crippen molar-refractivity contribution in [2.24, 2.45) is 5.73 Å². The molecular formula is C10H14BrNO2. The Kier molecular flexibility index (Phi) is 4.22. The zero-order valence-corrected chi connectivity index (χ0v) is 9.67. The third-order valence-electron chi connectivity index (χ3n) is 2.00. The molecule has 0 amide bonds. The Bertz CT molecular complexity index is 315. The first-order chi connectivity index (χ1) is 6.69. The van der Waals surface area contributed by atoms with Crippen LogP contribution in [0.2, 0.25) is 0 Å². The van der Waals surface area contributed by atoms with Gasteiger partial charge in [0.25, 0.3) is 0 Å². The molecule has 0 spiro atoms. The molecule has 78 valence electrons. The van der Waals surface area contributed by atoms with Crippen LogP contribution < -0.4 is 10.5 Å². The summed E-state index contributed by atoms with van der Waals surface area (Å²) in [5, 5.41) is 9.61. The summed E-state index contributed by atoms with van der Waals surface area (Å²) in [7, 11) is 1.60. The van der Waals surface area contributed by atoms with Crippen LogP contribution in [0, 0.1) is 0 Å². The minimum atomic E-state index is 0.283. The number of rotatable bonds is 4. The maximum absolute atomic E-state index is 9.61. The van der Waals surface area contributed by atoms with E-state index in [-0.39, 0.29) is 5.75 Å². The second-order valence-electron chi connectivity index (χ2n) is 3.01. The van der Waals surface area contributed by atoms with E-state index in [9.17, 15) is 5.11 Å². The van der Waals surface area contributed by atoms with Crippen LogP contribution in [0.5, 0.6) is 11.5 Å². The molecule has 0 fully saturated rings. The summed E-state index contributed by atoms with van der Waals surface area (Å²) >= 11 is 3.30. The first-order valence-electron chi connectivity index (χ1n) is 4.44. The molecule has 0 saturated carbocycles. The van der Waals surface area contributed by atoms with Gasteiger partial charge < -0.3 is 15.6 Å². The van der Waals surface area contributed by atoms with Crippen molar-refractivity contribution in [3.05, 3.63) is 22.2 Å². The van der Waals surface area contributed by atoms with Gasteiger partial charge in [-0.15, -0.1) is 0 Å². The lowest BCUT2D eigenvalue weighted by Gasteiger charge is -2.08. The van der Waals surface area contributed by atoms with Crippen molar-refractivity contribution >= 4 is 15.9 Å². The number of methoxy groups -OCH3 is 1. The Morgan fingerprint density at radius 3 is 2.79 bits per heavy atom. The second-order valence-corrected chi connectivity index (χ2v) is 3.86. The van der Waals surface area contributed by atoms with Crippen LogP contribution in [-0.4, -0.2) is 18.8 Å². The van der Waals surface area contributed by atoms with E-state index in [1.54, 1.807) is 13.2 Å². The number of phenolic OH excluding ortho intramolecular Hbond substituents is 1. The minimum Gasteiger partial charge on any atom is -0.508 e. The smallest absolute Gasteiger partial charge is 0.133 e. The van der Waals surface area contributed by atoms with Gasteiger partial charge in [-0.3, -0.25) is 0 Å². The van der Waals surface area contributed by atoms with Gasteiger partial charge in [0.15, 0.2) is 0 Å². The summed E-state index contributed by atoms with van der Waals surface area (Å²) in [5.41, 5.74) is 6.28. The lowest BCUT2D eigenvalue weighted by atomic mass is 10.1. The van der Waals surface area contributed by atoms with E-state index in [0.29, 0.717) is 6.54 Å². The van der Waals surface area contributed by atoms with Crippen LogP contribution in [0.3, 0.4) is 0 Å². The number of benzene rings is 1. The summed E-state index contributed by atoms with van der Waals surface area (Å²) in [4.78, 5) is 0. The molecule has 0 radical (unpaired) electrons. The average Bonchev–Trinajstić information content (AvgIpc) is 2.17. The van der Waals surface area contributed by atoms with Gasteiger partial charge in [-0.2, -0.15) is 0 Å². The van der Waals surface area contributed by atoms with E-state index in [0.717, 1.165) is 28.6 Å². The van der Waals surface area contributed by atoms with Gasteiger partial charge in [0.2, 0.25) is 0 Å². The van der Waals surface area contributed by atoms with Crippen LogP contribution in [0.15, 0.2) is 16.6 Å². The monoisotopic (exact) mass is 259 g/mol. The molecule has 4 heteroatoms. The number of ether oxygens (including phenoxy) is 1. The predicted octanol–water partition coefficient (Wildman–Crippen LogP) is 2.05. The fraction of sp³-hybridized carbons (Fsp3) is 0.400. The Hall–Kier alpha value is -0.740. The quantitative estimate of drug-likeness (QED) is 0.871. The van der Waals surface area contributed by atoms with Crippen molar-refractivity contribution in [1.29, 1.82) is 0 Å².